The van der Waals surface area contributed by atoms with Crippen molar-refractivity contribution in [2.75, 3.05) is 21.3 Å². The molecular weight excluding hydrogens is 2510 g/mol. The number of aryl methyl sites for hydroxylation is 1. The van der Waals surface area contributed by atoms with Crippen LogP contribution in [0.4, 0.5) is 4.39 Å². The number of benzene rings is 10. The van der Waals surface area contributed by atoms with Crippen LogP contribution in [0.15, 0.2) is 332 Å². The second-order valence-corrected chi connectivity index (χ2v) is 26.9. The molecule has 10 aromatic carbocycles. The summed E-state index contributed by atoms with van der Waals surface area (Å²) in [6.07, 6.45) is 5.83. The number of aromatic nitrogens is 5. The van der Waals surface area contributed by atoms with Crippen LogP contribution in [0.3, 0.4) is 0 Å². The second-order valence-electron chi connectivity index (χ2n) is 26.9. The van der Waals surface area contributed by atoms with Gasteiger partial charge in [0.05, 0.1) is 77.7 Å². The zero-order valence-corrected chi connectivity index (χ0v) is 84.6. The summed E-state index contributed by atoms with van der Waals surface area (Å²) in [5, 5.41) is 47.5. The van der Waals surface area contributed by atoms with Gasteiger partial charge in [0, 0.05) is 154 Å². The molecule has 0 aliphatic rings. The van der Waals surface area contributed by atoms with E-state index >= 15 is 0 Å². The fraction of sp³-hybridized carbons (Fsp3) is 0.135. The molecule has 0 aliphatic carbocycles. The molecule has 5 radical (unpaired) electrons. The first-order valence-electron chi connectivity index (χ1n) is 38.4. The first kappa shape index (κ1) is 114. The van der Waals surface area contributed by atoms with Crippen molar-refractivity contribution in [3.05, 3.63) is 374 Å². The number of ketones is 5. The zero-order chi connectivity index (χ0) is 89.8. The fourth-order valence-electron chi connectivity index (χ4n) is 11.1. The van der Waals surface area contributed by atoms with E-state index < -0.39 is 0 Å². The third-order valence-electron chi connectivity index (χ3n) is 16.3. The van der Waals surface area contributed by atoms with Gasteiger partial charge < -0.3 is 39.7 Å². The Morgan fingerprint density at radius 2 is 0.602 bits per heavy atom. The van der Waals surface area contributed by atoms with Crippen molar-refractivity contribution in [3.63, 3.8) is 0 Å². The van der Waals surface area contributed by atoms with Crippen LogP contribution in [0, 0.1) is 43.1 Å². The van der Waals surface area contributed by atoms with E-state index in [9.17, 15) is 28.4 Å². The van der Waals surface area contributed by atoms with E-state index in [-0.39, 0.29) is 164 Å². The Bertz CT molecular complexity index is 5920. The molecule has 0 saturated carbocycles. The summed E-state index contributed by atoms with van der Waals surface area (Å²) in [4.78, 5) is 73.1. The molecule has 0 amide bonds. The van der Waals surface area contributed by atoms with E-state index in [2.05, 4.69) is 123 Å². The van der Waals surface area contributed by atoms with Gasteiger partial charge in [-0.2, -0.15) is 0 Å². The first-order valence-corrected chi connectivity index (χ1v) is 38.4. The summed E-state index contributed by atoms with van der Waals surface area (Å²) < 4.78 is 29.3. The van der Waals surface area contributed by atoms with Gasteiger partial charge in [0.15, 0.2) is 28.9 Å². The average Bonchev–Trinajstić information content (AvgIpc) is 0.825. The monoisotopic (exact) mass is 2610 g/mol. The number of fused-ring (bicyclic) bond motifs is 5. The summed E-state index contributed by atoms with van der Waals surface area (Å²) in [6, 6.07) is 104. The standard InChI is InChI=1S/3C16H12NO.C16H12N.C15H9FN.5C5H8O2.5Ir/c1-18-16-9-5-3-7-13(16)15-11-10-12-6-2-4-8-14(12)17-15;1-18-14-7-4-6-13(11-14)16-10-9-12-5-2-3-8-15(12)17-16;1-18-14-9-6-13(7-10-14)16-11-8-12-4-2-3-5-15(12)17-16;1-12-6-2-4-8-14(12)16-11-10-13-7-3-5-9-15(13)17-16;16-13-7-3-2-6-12(13)15-10-9-11-5-1-4-8-14(11)17-15;5*1-4(6)3-5(2)7;;;;;/h2-6,8-11H,1H3;2-5,7-11H,1H3;2-6,8-11H,1H3;2-7,9-11H,1H3;1-5,7-10H;5*3,6H,1-2H3;;;;;/q5*-1;;;;;;;;;;. The molecule has 0 unspecified atom stereocenters. The minimum atomic E-state index is -0.296. The predicted molar refractivity (Wildman–Crippen MR) is 490 cm³/mol. The van der Waals surface area contributed by atoms with Gasteiger partial charge in [0.2, 0.25) is 0 Å². The number of hydrogen-bond acceptors (Lipinski definition) is 18. The minimum absolute atomic E-state index is 0. The van der Waals surface area contributed by atoms with Gasteiger partial charge >= 0.3 is 0 Å². The quantitative estimate of drug-likeness (QED) is 0.0407. The first-order chi connectivity index (χ1) is 58.9. The number of aliphatic hydroxyl groups is 5. The molecule has 24 heteroatoms. The average molecular weight is 2610 g/mol. The number of halogens is 1. The molecule has 15 aromatic rings. The zero-order valence-electron chi connectivity index (χ0n) is 72.7. The number of carbonyl (C=O) groups is 5. The Morgan fingerprint density at radius 3 is 0.914 bits per heavy atom. The molecule has 5 N–H and O–H groups in total. The largest absolute Gasteiger partial charge is 0.540 e. The number of nitrogens with zero attached hydrogens (tertiary/aromatic N) is 5. The molecule has 18 nitrogen and oxygen atoms in total. The molecule has 5 aromatic heterocycles. The second kappa shape index (κ2) is 61.3. The number of carbonyl (C=O) groups excluding carboxylic acids is 5. The van der Waals surface area contributed by atoms with Crippen molar-refractivity contribution in [1.29, 1.82) is 0 Å². The Kier molecular flexibility index (Phi) is 54.6. The van der Waals surface area contributed by atoms with Crippen LogP contribution in [-0.4, -0.2) is 101 Å². The van der Waals surface area contributed by atoms with Gasteiger partial charge in [0.1, 0.15) is 0 Å². The van der Waals surface area contributed by atoms with Gasteiger partial charge in [-0.3, -0.25) is 53.3 Å². The molecule has 15 rings (SSSR count). The summed E-state index contributed by atoms with van der Waals surface area (Å²) in [7, 11) is 4.97. The van der Waals surface area contributed by atoms with Crippen LogP contribution < -0.4 is 14.2 Å². The molecule has 128 heavy (non-hydrogen) atoms. The smallest absolute Gasteiger partial charge is 0.155 e. The van der Waals surface area contributed by atoms with Gasteiger partial charge in [-0.05, 0) is 155 Å². The number of allylic oxidation sites excluding steroid dienone is 10. The molecular formula is C104H97FIr5N5O13-5. The van der Waals surface area contributed by atoms with Gasteiger partial charge in [-0.1, -0.05) is 170 Å². The summed E-state index contributed by atoms with van der Waals surface area (Å²) >= 11 is 0. The van der Waals surface area contributed by atoms with E-state index in [4.69, 9.17) is 39.7 Å². The molecule has 0 bridgehead atoms. The molecule has 0 aliphatic heterocycles. The third-order valence-corrected chi connectivity index (χ3v) is 16.3. The molecule has 0 fully saturated rings. The van der Waals surface area contributed by atoms with Crippen LogP contribution in [0.1, 0.15) is 74.8 Å². The van der Waals surface area contributed by atoms with Crippen molar-refractivity contribution >= 4 is 83.4 Å². The number of aliphatic hydroxyl groups excluding tert-OH is 5. The number of pyridine rings is 5. The molecule has 673 valence electrons. The van der Waals surface area contributed by atoms with Crippen molar-refractivity contribution < 1.29 is 169 Å². The topological polar surface area (TPSA) is 279 Å². The number of para-hydroxylation sites is 5. The van der Waals surface area contributed by atoms with E-state index in [1.165, 1.54) is 117 Å². The maximum absolute atomic E-state index is 13.6. The summed E-state index contributed by atoms with van der Waals surface area (Å²) in [6.45, 7) is 16.3. The predicted octanol–water partition coefficient (Wildman–Crippen LogP) is 24.2. The maximum atomic E-state index is 13.6. The van der Waals surface area contributed by atoms with Gasteiger partial charge in [-0.25, -0.2) is 0 Å². The molecule has 5 heterocycles. The van der Waals surface area contributed by atoms with Crippen molar-refractivity contribution in [1.82, 2.24) is 24.9 Å². The molecule has 0 saturated heterocycles. The van der Waals surface area contributed by atoms with E-state index in [0.29, 0.717) is 11.3 Å². The van der Waals surface area contributed by atoms with E-state index in [0.717, 1.165) is 111 Å². The Hall–Kier alpha value is -12.1. The normalized spacial score (nSPS) is 10.4. The number of rotatable bonds is 13. The van der Waals surface area contributed by atoms with Crippen LogP contribution in [0.2, 0.25) is 0 Å². The minimum Gasteiger partial charge on any atom is -0.540 e. The van der Waals surface area contributed by atoms with Crippen molar-refractivity contribution in [2.24, 2.45) is 0 Å². The number of hydrogen-bond donors (Lipinski definition) is 5. The number of ether oxygens (including phenoxy) is 3. The Balaban J connectivity index is 0.000000727. The van der Waals surface area contributed by atoms with Crippen LogP contribution in [0.5, 0.6) is 17.2 Å². The van der Waals surface area contributed by atoms with E-state index in [1.807, 2.05) is 194 Å². The Morgan fingerprint density at radius 1 is 0.297 bits per heavy atom. The third kappa shape index (κ3) is 41.5. The summed E-state index contributed by atoms with van der Waals surface area (Å²) in [5.41, 5.74) is 14.7. The molecule has 0 spiro atoms. The van der Waals surface area contributed by atoms with Gasteiger partial charge in [0.25, 0.3) is 0 Å². The van der Waals surface area contributed by atoms with Crippen molar-refractivity contribution in [3.8, 4) is 73.5 Å². The SMILES string of the molecule is CC(=O)C=C(C)O.CC(=O)C=C(C)O.CC(=O)C=C(C)O.CC(=O)C=C(C)O.CC(=O)C=C(C)O.COc1c[c-]c(-c2ccc3ccccc3n2)cc1.COc1cc[c-]c(-c2ccc3ccccc3n2)c1.COc1ccc[c-]c1-c1ccc2ccccc2n1.Cc1ccc[c-]c1-c1ccc2ccccc2n1.Fc1ccc[c-]c1-c1ccc2ccccc2n1.[Ir].[Ir].[Ir].[Ir].[Ir]. The Labute approximate surface area is 814 Å². The van der Waals surface area contributed by atoms with E-state index in [1.54, 1.807) is 33.5 Å². The summed E-state index contributed by atoms with van der Waals surface area (Å²) in [5.74, 6) is 1.81. The molecule has 0 atom stereocenters. The fourth-order valence-corrected chi connectivity index (χ4v) is 11.1. The van der Waals surface area contributed by atoms with Crippen LogP contribution in [0.25, 0.3) is 111 Å². The number of methoxy groups -OCH3 is 3. The van der Waals surface area contributed by atoms with Crippen molar-refractivity contribution in [2.45, 2.75) is 76.2 Å². The van der Waals surface area contributed by atoms with Crippen LogP contribution in [-0.2, 0) is 124 Å². The maximum Gasteiger partial charge on any atom is 0.155 e. The van der Waals surface area contributed by atoms with Crippen LogP contribution >= 0.6 is 0 Å². The van der Waals surface area contributed by atoms with Gasteiger partial charge in [-0.15, -0.1) is 144 Å².